The molecule has 2 heterocycles. The largest absolute Gasteiger partial charge is 0.496 e. The van der Waals surface area contributed by atoms with E-state index in [-0.39, 0.29) is 58.0 Å². The Morgan fingerprint density at radius 3 is 1.36 bits per heavy atom. The molecule has 56 heavy (non-hydrogen) atoms. The highest BCUT2D eigenvalue weighted by atomic mass is 35.5. The highest BCUT2D eigenvalue weighted by molar-refractivity contribution is 6.34. The van der Waals surface area contributed by atoms with Gasteiger partial charge in [-0.05, 0) is 64.0 Å². The first-order chi connectivity index (χ1) is 27.0. The van der Waals surface area contributed by atoms with Crippen LogP contribution in [0.3, 0.4) is 0 Å². The molecule has 0 unspecified atom stereocenters. The van der Waals surface area contributed by atoms with Crippen molar-refractivity contribution in [3.63, 3.8) is 0 Å². The van der Waals surface area contributed by atoms with Crippen LogP contribution in [-0.4, -0.2) is 140 Å². The van der Waals surface area contributed by atoms with E-state index in [0.29, 0.717) is 101 Å². The van der Waals surface area contributed by atoms with Gasteiger partial charge in [0.2, 0.25) is 11.8 Å². The number of hydrogen-bond donors (Lipinski definition) is 4. The summed E-state index contributed by atoms with van der Waals surface area (Å²) < 4.78 is 32.5. The number of methoxy groups -OCH3 is 2. The average molecular weight is 826 g/mol. The summed E-state index contributed by atoms with van der Waals surface area (Å²) in [6.07, 6.45) is 2.85. The fourth-order valence-corrected chi connectivity index (χ4v) is 6.75. The summed E-state index contributed by atoms with van der Waals surface area (Å²) in [4.78, 5) is 54.7. The first kappa shape index (κ1) is 44.7. The van der Waals surface area contributed by atoms with Gasteiger partial charge in [-0.3, -0.25) is 19.4 Å². The summed E-state index contributed by atoms with van der Waals surface area (Å²) in [7, 11) is 2.88. The van der Waals surface area contributed by atoms with E-state index in [2.05, 4.69) is 20.4 Å². The van der Waals surface area contributed by atoms with Gasteiger partial charge in [-0.25, -0.2) is 9.59 Å². The van der Waals surface area contributed by atoms with Gasteiger partial charge in [0.05, 0.1) is 62.1 Å². The van der Waals surface area contributed by atoms with E-state index in [1.165, 1.54) is 38.5 Å². The molecule has 2 amide bonds. The molecule has 2 aliphatic heterocycles. The van der Waals surface area contributed by atoms with Crippen molar-refractivity contribution in [2.75, 3.05) is 118 Å². The first-order valence-electron chi connectivity index (χ1n) is 18.8. The maximum atomic E-state index is 12.6. The Bertz CT molecular complexity index is 1500. The zero-order chi connectivity index (χ0) is 40.5. The molecular formula is C38H54Cl2N6O10. The number of carbonyl (C=O) groups is 4. The van der Waals surface area contributed by atoms with Gasteiger partial charge in [-0.15, -0.1) is 0 Å². The standard InChI is InChI=1S/C38H54Cl2N6O10/c1-51-33-23-31(41)29(39)21-27(33)37(49)55-17-13-45-9-3-25(4-10-45)35(47)43-7-15-53-19-20-54-16-8-44-36(48)26-5-11-46(12-6-26)14-18-56-38(50)28-22-30(40)32(42)24-34(28)52-2/h21-26H,3-20,41-42H2,1-2H3,(H,43,47)(H,44,48). The second kappa shape index (κ2) is 23.2. The molecule has 6 N–H and O–H groups in total. The lowest BCUT2D eigenvalue weighted by molar-refractivity contribution is -0.127. The summed E-state index contributed by atoms with van der Waals surface area (Å²) in [5.41, 5.74) is 12.6. The van der Waals surface area contributed by atoms with Gasteiger partial charge in [0, 0.05) is 50.1 Å². The number of nitrogens with zero attached hydrogens (tertiary/aromatic N) is 2. The Kier molecular flexibility index (Phi) is 18.5. The number of carbonyl (C=O) groups excluding carboxylic acids is 4. The molecule has 2 aromatic rings. The molecule has 0 saturated carbocycles. The maximum absolute atomic E-state index is 12.6. The number of hydrogen-bond acceptors (Lipinski definition) is 14. The molecule has 0 radical (unpaired) electrons. The number of nitrogens with one attached hydrogen (secondary N) is 2. The summed E-state index contributed by atoms with van der Waals surface area (Å²) in [5, 5.41) is 6.39. The van der Waals surface area contributed by atoms with Gasteiger partial charge < -0.3 is 50.5 Å². The second-order valence-electron chi connectivity index (χ2n) is 13.5. The van der Waals surface area contributed by atoms with Crippen LogP contribution in [-0.2, 0) is 28.5 Å². The minimum Gasteiger partial charge on any atom is -0.496 e. The lowest BCUT2D eigenvalue weighted by atomic mass is 9.96. The van der Waals surface area contributed by atoms with Gasteiger partial charge in [-0.2, -0.15) is 0 Å². The second-order valence-corrected chi connectivity index (χ2v) is 14.3. The van der Waals surface area contributed by atoms with Crippen LogP contribution in [0.1, 0.15) is 46.4 Å². The highest BCUT2D eigenvalue weighted by Crippen LogP contribution is 2.30. The number of piperidine rings is 2. The van der Waals surface area contributed by atoms with Gasteiger partial charge in [0.15, 0.2) is 0 Å². The highest BCUT2D eigenvalue weighted by Gasteiger charge is 2.26. The van der Waals surface area contributed by atoms with Crippen LogP contribution in [0.25, 0.3) is 0 Å². The van der Waals surface area contributed by atoms with Crippen molar-refractivity contribution in [3.8, 4) is 11.5 Å². The lowest BCUT2D eigenvalue weighted by Gasteiger charge is -2.31. The smallest absolute Gasteiger partial charge is 0.342 e. The van der Waals surface area contributed by atoms with Crippen LogP contribution in [0.15, 0.2) is 24.3 Å². The van der Waals surface area contributed by atoms with Crippen molar-refractivity contribution in [3.05, 3.63) is 45.4 Å². The fraction of sp³-hybridized carbons (Fsp3) is 0.579. The van der Waals surface area contributed by atoms with Gasteiger partial charge in [0.25, 0.3) is 0 Å². The Morgan fingerprint density at radius 1 is 0.625 bits per heavy atom. The normalized spacial score (nSPS) is 15.6. The van der Waals surface area contributed by atoms with Crippen LogP contribution in [0.4, 0.5) is 11.4 Å². The minimum atomic E-state index is -0.540. The Morgan fingerprint density at radius 2 is 1.00 bits per heavy atom. The Labute approximate surface area is 337 Å². The number of amides is 2. The SMILES string of the molecule is COc1cc(N)c(Cl)cc1C(=O)OCCN1CCC(C(=O)NCCOCCOCCNC(=O)C2CCN(CCOC(=O)c3cc(Cl)c(N)cc3OC)CC2)CC1. The number of halogens is 2. The third kappa shape index (κ3) is 13.8. The average Bonchev–Trinajstić information content (AvgIpc) is 3.20. The first-order valence-corrected chi connectivity index (χ1v) is 19.5. The summed E-state index contributed by atoms with van der Waals surface area (Å²) in [5.74, 6) is -0.623. The zero-order valence-corrected chi connectivity index (χ0v) is 33.6. The molecule has 310 valence electrons. The van der Waals surface area contributed by atoms with Crippen molar-refractivity contribution < 1.29 is 47.6 Å². The van der Waals surface area contributed by atoms with E-state index < -0.39 is 11.9 Å². The number of nitrogen functional groups attached to an aromatic ring is 2. The Hall–Kier alpha value is -4.06. The molecule has 2 saturated heterocycles. The van der Waals surface area contributed by atoms with E-state index in [1.54, 1.807) is 0 Å². The van der Waals surface area contributed by atoms with Crippen LogP contribution in [0.5, 0.6) is 11.5 Å². The number of nitrogens with two attached hydrogens (primary N) is 2. The number of rotatable bonds is 21. The molecule has 16 nitrogen and oxygen atoms in total. The zero-order valence-electron chi connectivity index (χ0n) is 32.1. The van der Waals surface area contributed by atoms with E-state index in [9.17, 15) is 19.2 Å². The minimum absolute atomic E-state index is 0.00748. The quantitative estimate of drug-likeness (QED) is 0.0812. The number of ether oxygens (including phenoxy) is 6. The topological polar surface area (TPSA) is 206 Å². The number of esters is 2. The lowest BCUT2D eigenvalue weighted by Crippen LogP contribution is -2.42. The van der Waals surface area contributed by atoms with Crippen LogP contribution in [0, 0.1) is 11.8 Å². The number of benzene rings is 2. The van der Waals surface area contributed by atoms with Crippen molar-refractivity contribution >= 4 is 58.3 Å². The molecule has 0 spiro atoms. The third-order valence-corrected chi connectivity index (χ3v) is 10.4. The van der Waals surface area contributed by atoms with Crippen molar-refractivity contribution in [1.82, 2.24) is 20.4 Å². The molecule has 2 aromatic carbocycles. The van der Waals surface area contributed by atoms with Crippen molar-refractivity contribution in [2.45, 2.75) is 25.7 Å². The van der Waals surface area contributed by atoms with E-state index in [4.69, 9.17) is 63.1 Å². The molecule has 18 heteroatoms. The molecule has 0 atom stereocenters. The molecule has 4 rings (SSSR count). The van der Waals surface area contributed by atoms with E-state index >= 15 is 0 Å². The summed E-state index contributed by atoms with van der Waals surface area (Å²) in [6.45, 7) is 6.69. The molecular weight excluding hydrogens is 771 g/mol. The summed E-state index contributed by atoms with van der Waals surface area (Å²) >= 11 is 12.1. The van der Waals surface area contributed by atoms with E-state index in [0.717, 1.165) is 26.2 Å². The fourth-order valence-electron chi connectivity index (χ4n) is 6.43. The molecule has 0 aliphatic carbocycles. The molecule has 2 aliphatic rings. The van der Waals surface area contributed by atoms with Crippen LogP contribution >= 0.6 is 23.2 Å². The van der Waals surface area contributed by atoms with Crippen molar-refractivity contribution in [1.29, 1.82) is 0 Å². The van der Waals surface area contributed by atoms with E-state index in [1.807, 2.05) is 0 Å². The molecule has 0 bridgehead atoms. The third-order valence-electron chi connectivity index (χ3n) is 9.74. The van der Waals surface area contributed by atoms with Gasteiger partial charge >= 0.3 is 11.9 Å². The van der Waals surface area contributed by atoms with Crippen molar-refractivity contribution in [2.24, 2.45) is 11.8 Å². The van der Waals surface area contributed by atoms with Crippen LogP contribution in [0.2, 0.25) is 10.0 Å². The monoisotopic (exact) mass is 824 g/mol. The maximum Gasteiger partial charge on any atom is 0.342 e. The Balaban J connectivity index is 0.949. The number of likely N-dealkylation sites (tertiary alicyclic amines) is 2. The van der Waals surface area contributed by atoms with Gasteiger partial charge in [-0.1, -0.05) is 23.2 Å². The predicted octanol–water partition coefficient (Wildman–Crippen LogP) is 2.88. The predicted molar refractivity (Wildman–Crippen MR) is 211 cm³/mol. The van der Waals surface area contributed by atoms with Crippen LogP contribution < -0.4 is 31.6 Å². The molecule has 2 fully saturated rings. The number of anilines is 2. The van der Waals surface area contributed by atoms with Gasteiger partial charge in [0.1, 0.15) is 35.8 Å². The summed E-state index contributed by atoms with van der Waals surface area (Å²) in [6, 6.07) is 5.85. The molecule has 0 aromatic heterocycles.